The molecule has 2 heterocycles. The molecule has 6 heteroatoms. The van der Waals surface area contributed by atoms with Crippen molar-refractivity contribution in [1.82, 2.24) is 15.0 Å². The minimum absolute atomic E-state index is 0.166. The van der Waals surface area contributed by atoms with Gasteiger partial charge in [0.25, 0.3) is 5.91 Å². The summed E-state index contributed by atoms with van der Waals surface area (Å²) in [4.78, 5) is 16.1. The van der Waals surface area contributed by atoms with Crippen LogP contribution in [0.15, 0.2) is 64.6 Å². The number of benzene rings is 1. The van der Waals surface area contributed by atoms with Crippen LogP contribution in [-0.2, 0) is 11.3 Å². The van der Waals surface area contributed by atoms with E-state index < -0.39 is 0 Å². The van der Waals surface area contributed by atoms with Crippen LogP contribution in [0.1, 0.15) is 5.76 Å². The summed E-state index contributed by atoms with van der Waals surface area (Å²) in [6.45, 7) is 0.166. The lowest BCUT2D eigenvalue weighted by molar-refractivity contribution is -0.121. The molecule has 1 N–H and O–H groups in total. The van der Waals surface area contributed by atoms with Gasteiger partial charge in [-0.1, -0.05) is 12.1 Å². The standard InChI is InChI=1S/C16H14N4O2/c21-16(19-18-9-3-5-13-6-4-10-22-13)11-20-12-17-14-7-1-2-8-15(14)20/h1-10,12H,11H2,(H,19,21)/b5-3-,18-9-. The molecule has 0 spiro atoms. The SMILES string of the molecule is O=C(Cn1cnc2ccccc21)N/N=C\C=C/c1ccco1. The Labute approximate surface area is 126 Å². The summed E-state index contributed by atoms with van der Waals surface area (Å²) >= 11 is 0. The fraction of sp³-hybridized carbons (Fsp3) is 0.0625. The van der Waals surface area contributed by atoms with Crippen LogP contribution in [0.5, 0.6) is 0 Å². The summed E-state index contributed by atoms with van der Waals surface area (Å²) in [5.74, 6) is 0.508. The lowest BCUT2D eigenvalue weighted by atomic mass is 10.3. The smallest absolute Gasteiger partial charge is 0.260 e. The van der Waals surface area contributed by atoms with E-state index in [0.29, 0.717) is 0 Å². The largest absolute Gasteiger partial charge is 0.465 e. The highest BCUT2D eigenvalue weighted by Gasteiger charge is 2.05. The number of hydrazone groups is 1. The van der Waals surface area contributed by atoms with Crippen LogP contribution >= 0.6 is 0 Å². The van der Waals surface area contributed by atoms with Gasteiger partial charge < -0.3 is 8.98 Å². The number of carbonyl (C=O) groups is 1. The summed E-state index contributed by atoms with van der Waals surface area (Å²) < 4.78 is 6.90. The van der Waals surface area contributed by atoms with Crippen molar-refractivity contribution >= 4 is 29.2 Å². The molecule has 22 heavy (non-hydrogen) atoms. The Balaban J connectivity index is 1.54. The number of imidazole rings is 1. The Kier molecular flexibility index (Phi) is 4.10. The van der Waals surface area contributed by atoms with Crippen molar-refractivity contribution in [2.24, 2.45) is 5.10 Å². The number of aromatic nitrogens is 2. The zero-order valence-corrected chi connectivity index (χ0v) is 11.7. The Morgan fingerprint density at radius 1 is 1.32 bits per heavy atom. The van der Waals surface area contributed by atoms with Crippen molar-refractivity contribution in [3.8, 4) is 0 Å². The van der Waals surface area contributed by atoms with E-state index in [0.717, 1.165) is 16.8 Å². The first-order valence-electron chi connectivity index (χ1n) is 6.75. The molecule has 6 nitrogen and oxygen atoms in total. The van der Waals surface area contributed by atoms with Crippen LogP contribution < -0.4 is 5.43 Å². The molecule has 1 aromatic carbocycles. The zero-order chi connectivity index (χ0) is 15.2. The van der Waals surface area contributed by atoms with Gasteiger partial charge in [0.15, 0.2) is 0 Å². The second-order valence-corrected chi connectivity index (χ2v) is 4.55. The average Bonchev–Trinajstić information content (AvgIpc) is 3.17. The highest BCUT2D eigenvalue weighted by Crippen LogP contribution is 2.11. The van der Waals surface area contributed by atoms with E-state index >= 15 is 0 Å². The zero-order valence-electron chi connectivity index (χ0n) is 11.7. The van der Waals surface area contributed by atoms with Gasteiger partial charge in [-0.3, -0.25) is 4.79 Å². The Morgan fingerprint density at radius 3 is 3.09 bits per heavy atom. The summed E-state index contributed by atoms with van der Waals surface area (Å²) in [7, 11) is 0. The molecule has 0 saturated heterocycles. The van der Waals surface area contributed by atoms with Crippen LogP contribution in [0, 0.1) is 0 Å². The van der Waals surface area contributed by atoms with E-state index in [1.807, 2.05) is 30.3 Å². The molecular weight excluding hydrogens is 280 g/mol. The first-order chi connectivity index (χ1) is 10.8. The number of fused-ring (bicyclic) bond motifs is 1. The molecule has 0 radical (unpaired) electrons. The molecule has 0 atom stereocenters. The lowest BCUT2D eigenvalue weighted by Gasteiger charge is -2.02. The van der Waals surface area contributed by atoms with E-state index in [2.05, 4.69) is 15.5 Å². The van der Waals surface area contributed by atoms with Gasteiger partial charge in [-0.2, -0.15) is 5.10 Å². The molecule has 110 valence electrons. The molecule has 2 aromatic heterocycles. The molecule has 0 fully saturated rings. The number of furan rings is 1. The highest BCUT2D eigenvalue weighted by atomic mass is 16.3. The van der Waals surface area contributed by atoms with Crippen molar-refractivity contribution < 1.29 is 9.21 Å². The third kappa shape index (κ3) is 3.29. The number of hydrogen-bond donors (Lipinski definition) is 1. The minimum Gasteiger partial charge on any atom is -0.465 e. The molecule has 0 aliphatic rings. The van der Waals surface area contributed by atoms with Crippen LogP contribution in [0.25, 0.3) is 17.1 Å². The van der Waals surface area contributed by atoms with E-state index in [1.54, 1.807) is 35.4 Å². The Bertz CT molecular complexity index is 816. The topological polar surface area (TPSA) is 72.4 Å². The maximum atomic E-state index is 11.8. The Hall–Kier alpha value is -3.15. The second kappa shape index (κ2) is 6.53. The fourth-order valence-corrected chi connectivity index (χ4v) is 2.00. The monoisotopic (exact) mass is 294 g/mol. The average molecular weight is 294 g/mol. The number of hydrogen-bond acceptors (Lipinski definition) is 4. The number of rotatable bonds is 5. The molecule has 0 unspecified atom stereocenters. The first-order valence-corrected chi connectivity index (χ1v) is 6.75. The van der Waals surface area contributed by atoms with Gasteiger partial charge in [0, 0.05) is 6.21 Å². The molecule has 1 amide bonds. The van der Waals surface area contributed by atoms with Gasteiger partial charge in [0.05, 0.1) is 23.6 Å². The summed E-state index contributed by atoms with van der Waals surface area (Å²) in [5, 5.41) is 3.84. The molecule has 0 saturated carbocycles. The van der Waals surface area contributed by atoms with Gasteiger partial charge >= 0.3 is 0 Å². The third-order valence-electron chi connectivity index (χ3n) is 2.99. The predicted octanol–water partition coefficient (Wildman–Crippen LogP) is 2.44. The van der Waals surface area contributed by atoms with Gasteiger partial charge in [-0.25, -0.2) is 10.4 Å². The molecular formula is C16H14N4O2. The fourth-order valence-electron chi connectivity index (χ4n) is 2.00. The Morgan fingerprint density at radius 2 is 2.23 bits per heavy atom. The van der Waals surface area contributed by atoms with Crippen molar-refractivity contribution in [3.63, 3.8) is 0 Å². The van der Waals surface area contributed by atoms with Crippen molar-refractivity contribution in [2.45, 2.75) is 6.54 Å². The lowest BCUT2D eigenvalue weighted by Crippen LogP contribution is -2.22. The van der Waals surface area contributed by atoms with Crippen LogP contribution in [0.3, 0.4) is 0 Å². The molecule has 0 aliphatic carbocycles. The minimum atomic E-state index is -0.217. The normalized spacial score (nSPS) is 11.6. The number of carbonyl (C=O) groups excluding carboxylic acids is 1. The number of para-hydroxylation sites is 2. The van der Waals surface area contributed by atoms with Crippen molar-refractivity contribution in [3.05, 3.63) is 60.8 Å². The maximum Gasteiger partial charge on any atom is 0.260 e. The number of nitrogens with one attached hydrogen (secondary N) is 1. The number of allylic oxidation sites excluding steroid dienone is 1. The van der Waals surface area contributed by atoms with Crippen molar-refractivity contribution in [2.75, 3.05) is 0 Å². The summed E-state index contributed by atoms with van der Waals surface area (Å²) in [6.07, 6.45) is 8.16. The molecule has 3 rings (SSSR count). The molecule has 3 aromatic rings. The van der Waals surface area contributed by atoms with Gasteiger partial charge in [0.1, 0.15) is 12.3 Å². The molecule has 0 bridgehead atoms. The van der Waals surface area contributed by atoms with Crippen LogP contribution in [0.4, 0.5) is 0 Å². The van der Waals surface area contributed by atoms with Gasteiger partial charge in [0.2, 0.25) is 0 Å². The third-order valence-corrected chi connectivity index (χ3v) is 2.99. The van der Waals surface area contributed by atoms with Gasteiger partial charge in [-0.15, -0.1) is 0 Å². The van der Waals surface area contributed by atoms with Gasteiger partial charge in [-0.05, 0) is 36.4 Å². The number of nitrogens with zero attached hydrogens (tertiary/aromatic N) is 3. The maximum absolute atomic E-state index is 11.8. The summed E-state index contributed by atoms with van der Waals surface area (Å²) in [5.41, 5.74) is 4.24. The van der Waals surface area contributed by atoms with E-state index in [1.165, 1.54) is 6.21 Å². The second-order valence-electron chi connectivity index (χ2n) is 4.55. The predicted molar refractivity (Wildman–Crippen MR) is 84.1 cm³/mol. The summed E-state index contributed by atoms with van der Waals surface area (Å²) in [6, 6.07) is 11.3. The highest BCUT2D eigenvalue weighted by molar-refractivity contribution is 5.82. The quantitative estimate of drug-likeness (QED) is 0.580. The van der Waals surface area contributed by atoms with E-state index in [-0.39, 0.29) is 12.5 Å². The van der Waals surface area contributed by atoms with E-state index in [4.69, 9.17) is 4.42 Å². The molecule has 0 aliphatic heterocycles. The van der Waals surface area contributed by atoms with E-state index in [9.17, 15) is 4.79 Å². The van der Waals surface area contributed by atoms with Crippen LogP contribution in [0.2, 0.25) is 0 Å². The van der Waals surface area contributed by atoms with Crippen molar-refractivity contribution in [1.29, 1.82) is 0 Å². The number of amides is 1. The van der Waals surface area contributed by atoms with Crippen LogP contribution in [-0.4, -0.2) is 21.7 Å². The first kappa shape index (κ1) is 13.8.